The van der Waals surface area contributed by atoms with Crippen LogP contribution in [0.1, 0.15) is 12.0 Å². The zero-order valence-corrected chi connectivity index (χ0v) is 20.8. The number of hydrogen-bond donors (Lipinski definition) is 2. The predicted molar refractivity (Wildman–Crippen MR) is 135 cm³/mol. The van der Waals surface area contributed by atoms with Crippen molar-refractivity contribution < 1.29 is 27.3 Å². The fraction of sp³-hybridized carbons (Fsp3) is 0.231. The molecular formula is C26H25F3N3O3P. The highest BCUT2D eigenvalue weighted by molar-refractivity contribution is 7.70. The summed E-state index contributed by atoms with van der Waals surface area (Å²) in [4.78, 5) is 26.3. The van der Waals surface area contributed by atoms with Crippen LogP contribution in [0, 0.1) is 24.4 Å². The summed E-state index contributed by atoms with van der Waals surface area (Å²) in [7, 11) is -2.77. The van der Waals surface area contributed by atoms with Gasteiger partial charge in [-0.05, 0) is 62.1 Å². The Morgan fingerprint density at radius 3 is 2.42 bits per heavy atom. The second-order valence-corrected chi connectivity index (χ2v) is 12.2. The molecule has 6 nitrogen and oxygen atoms in total. The van der Waals surface area contributed by atoms with Gasteiger partial charge < -0.3 is 20.1 Å². The molecule has 1 aliphatic rings. The number of amides is 3. The fourth-order valence-electron chi connectivity index (χ4n) is 4.22. The molecule has 0 bridgehead atoms. The highest BCUT2D eigenvalue weighted by Crippen LogP contribution is 2.40. The van der Waals surface area contributed by atoms with E-state index in [0.29, 0.717) is 16.4 Å². The lowest BCUT2D eigenvalue weighted by atomic mass is 10.0. The Labute approximate surface area is 206 Å². The molecule has 4 rings (SSSR count). The average molecular weight is 515 g/mol. The molecule has 0 unspecified atom stereocenters. The van der Waals surface area contributed by atoms with Gasteiger partial charge in [-0.15, -0.1) is 0 Å². The van der Waals surface area contributed by atoms with Crippen molar-refractivity contribution in [1.82, 2.24) is 5.32 Å². The first-order valence-corrected chi connectivity index (χ1v) is 13.9. The van der Waals surface area contributed by atoms with Gasteiger partial charge in [0.25, 0.3) is 0 Å². The maximum Gasteiger partial charge on any atom is 0.319 e. The summed E-state index contributed by atoms with van der Waals surface area (Å²) < 4.78 is 57.0. The van der Waals surface area contributed by atoms with Crippen molar-refractivity contribution in [1.29, 1.82) is 0 Å². The van der Waals surface area contributed by atoms with Crippen molar-refractivity contribution in [2.45, 2.75) is 19.4 Å². The van der Waals surface area contributed by atoms with E-state index < -0.39 is 42.6 Å². The van der Waals surface area contributed by atoms with Crippen LogP contribution in [-0.2, 0) is 9.36 Å². The van der Waals surface area contributed by atoms with Gasteiger partial charge in [-0.2, -0.15) is 0 Å². The van der Waals surface area contributed by atoms with E-state index in [1.54, 1.807) is 50.6 Å². The molecule has 3 aromatic rings. The summed E-state index contributed by atoms with van der Waals surface area (Å²) in [5.41, 5.74) is 0.636. The molecule has 2 N–H and O–H groups in total. The van der Waals surface area contributed by atoms with Crippen molar-refractivity contribution in [3.63, 3.8) is 0 Å². The number of carbonyl (C=O) groups is 2. The Bertz CT molecular complexity index is 1410. The minimum Gasteiger partial charge on any atom is -0.326 e. The Morgan fingerprint density at radius 1 is 1.00 bits per heavy atom. The molecule has 1 heterocycles. The van der Waals surface area contributed by atoms with Gasteiger partial charge in [0.2, 0.25) is 5.91 Å². The summed E-state index contributed by atoms with van der Waals surface area (Å²) in [6, 6.07) is 11.7. The minimum absolute atomic E-state index is 0.0481. The average Bonchev–Trinajstić information content (AvgIpc) is 3.16. The number of urea groups is 1. The number of benzene rings is 3. The topological polar surface area (TPSA) is 78.5 Å². The van der Waals surface area contributed by atoms with Gasteiger partial charge in [0.1, 0.15) is 19.0 Å². The lowest BCUT2D eigenvalue weighted by molar-refractivity contribution is -0.118. The van der Waals surface area contributed by atoms with Gasteiger partial charge in [0, 0.05) is 17.4 Å². The Hall–Kier alpha value is -3.58. The number of nitrogens with one attached hydrogen (secondary N) is 2. The smallest absolute Gasteiger partial charge is 0.319 e. The van der Waals surface area contributed by atoms with Crippen LogP contribution in [0.2, 0.25) is 0 Å². The normalized spacial score (nSPS) is 15.8. The zero-order chi connectivity index (χ0) is 26.2. The van der Waals surface area contributed by atoms with Crippen LogP contribution in [0.5, 0.6) is 0 Å². The molecule has 36 heavy (non-hydrogen) atoms. The number of aryl methyl sites for hydroxylation is 1. The molecule has 1 aliphatic heterocycles. The van der Waals surface area contributed by atoms with Gasteiger partial charge >= 0.3 is 6.03 Å². The quantitative estimate of drug-likeness (QED) is 0.456. The van der Waals surface area contributed by atoms with E-state index in [-0.39, 0.29) is 29.9 Å². The first-order chi connectivity index (χ1) is 17.0. The zero-order valence-electron chi connectivity index (χ0n) is 19.9. The third-order valence-electron chi connectivity index (χ3n) is 6.01. The van der Waals surface area contributed by atoms with Gasteiger partial charge in [0.15, 0.2) is 11.6 Å². The van der Waals surface area contributed by atoms with Crippen LogP contribution in [0.25, 0.3) is 11.1 Å². The van der Waals surface area contributed by atoms with Crippen molar-refractivity contribution in [3.8, 4) is 11.1 Å². The SMILES string of the molecule is Cc1ccc(NC(=O)N[C@@H]2CCN(c3ccc(-c4ccccc4P(C)(C)=O)c(F)c3F)C2=O)c(F)c1. The van der Waals surface area contributed by atoms with E-state index >= 15 is 8.78 Å². The number of nitrogens with zero attached hydrogens (tertiary/aromatic N) is 1. The number of carbonyl (C=O) groups excluding carboxylic acids is 2. The molecule has 0 radical (unpaired) electrons. The molecular weight excluding hydrogens is 490 g/mol. The van der Waals surface area contributed by atoms with E-state index in [2.05, 4.69) is 10.6 Å². The summed E-state index contributed by atoms with van der Waals surface area (Å²) in [6.45, 7) is 4.85. The molecule has 3 amide bonds. The van der Waals surface area contributed by atoms with Crippen molar-refractivity contribution in [2.24, 2.45) is 0 Å². The van der Waals surface area contributed by atoms with Crippen LogP contribution < -0.4 is 20.8 Å². The van der Waals surface area contributed by atoms with E-state index in [1.165, 1.54) is 24.3 Å². The summed E-state index contributed by atoms with van der Waals surface area (Å²) in [6.07, 6.45) is 0.156. The summed E-state index contributed by atoms with van der Waals surface area (Å²) in [5.74, 6) is -3.62. The highest BCUT2D eigenvalue weighted by atomic mass is 31.2. The first-order valence-electron chi connectivity index (χ1n) is 11.3. The molecule has 1 atom stereocenters. The van der Waals surface area contributed by atoms with Crippen molar-refractivity contribution in [3.05, 3.63) is 77.6 Å². The van der Waals surface area contributed by atoms with E-state index in [1.807, 2.05) is 0 Å². The Morgan fingerprint density at radius 2 is 1.72 bits per heavy atom. The van der Waals surface area contributed by atoms with Crippen LogP contribution in [0.15, 0.2) is 54.6 Å². The van der Waals surface area contributed by atoms with Crippen LogP contribution >= 0.6 is 7.14 Å². The van der Waals surface area contributed by atoms with Crippen molar-refractivity contribution >= 4 is 35.8 Å². The maximum atomic E-state index is 15.2. The third-order valence-corrected chi connectivity index (χ3v) is 7.56. The standard InChI is InChI=1S/C26H25F3N3O3P/c1-15-8-10-19(18(27)14-15)30-26(34)31-20-12-13-32(25(20)33)21-11-9-17(23(28)24(21)29)16-6-4-5-7-22(16)36(2,3)35/h4-11,14,20H,12-13H2,1-3H3,(H2,30,31,34)/t20-/m1/s1. The lowest BCUT2D eigenvalue weighted by Crippen LogP contribution is -2.43. The molecule has 10 heteroatoms. The Balaban J connectivity index is 1.53. The third kappa shape index (κ3) is 5.02. The van der Waals surface area contributed by atoms with Crippen LogP contribution in [0.3, 0.4) is 0 Å². The van der Waals surface area contributed by atoms with Gasteiger partial charge in [0.05, 0.1) is 11.4 Å². The number of halogens is 3. The number of anilines is 2. The van der Waals surface area contributed by atoms with Gasteiger partial charge in [-0.25, -0.2) is 18.0 Å². The first kappa shape index (κ1) is 25.5. The number of rotatable bonds is 5. The molecule has 1 fully saturated rings. The minimum atomic E-state index is -2.77. The van der Waals surface area contributed by atoms with Crippen molar-refractivity contribution in [2.75, 3.05) is 30.1 Å². The molecule has 3 aromatic carbocycles. The predicted octanol–water partition coefficient (Wildman–Crippen LogP) is 5.25. The summed E-state index contributed by atoms with van der Waals surface area (Å²) in [5, 5.41) is 5.23. The molecule has 1 saturated heterocycles. The monoisotopic (exact) mass is 515 g/mol. The largest absolute Gasteiger partial charge is 0.326 e. The second-order valence-electron chi connectivity index (χ2n) is 9.04. The van der Waals surface area contributed by atoms with E-state index in [4.69, 9.17) is 0 Å². The molecule has 0 aromatic heterocycles. The molecule has 0 spiro atoms. The van der Waals surface area contributed by atoms with Gasteiger partial charge in [-0.1, -0.05) is 30.3 Å². The summed E-state index contributed by atoms with van der Waals surface area (Å²) >= 11 is 0. The van der Waals surface area contributed by atoms with Crippen LogP contribution in [-0.4, -0.2) is 37.9 Å². The molecule has 0 saturated carbocycles. The lowest BCUT2D eigenvalue weighted by Gasteiger charge is -2.20. The van der Waals surface area contributed by atoms with E-state index in [0.717, 1.165) is 4.90 Å². The highest BCUT2D eigenvalue weighted by Gasteiger charge is 2.36. The fourth-order valence-corrected chi connectivity index (χ4v) is 5.44. The van der Waals surface area contributed by atoms with Crippen LogP contribution in [0.4, 0.5) is 29.3 Å². The maximum absolute atomic E-state index is 15.2. The van der Waals surface area contributed by atoms with E-state index in [9.17, 15) is 18.5 Å². The second kappa shape index (κ2) is 9.82. The number of hydrogen-bond acceptors (Lipinski definition) is 3. The molecule has 0 aliphatic carbocycles. The molecule has 188 valence electrons. The van der Waals surface area contributed by atoms with Gasteiger partial charge in [-0.3, -0.25) is 4.79 Å². The Kier molecular flexibility index (Phi) is 6.96.